The Labute approximate surface area is 240 Å². The Bertz CT molecular complexity index is 1600. The van der Waals surface area contributed by atoms with Gasteiger partial charge in [0.05, 0.1) is 28.5 Å². The highest BCUT2D eigenvalue weighted by Gasteiger charge is 2.42. The summed E-state index contributed by atoms with van der Waals surface area (Å²) < 4.78 is 5.32. The highest BCUT2D eigenvalue weighted by molar-refractivity contribution is 7.10. The molecule has 196 valence electrons. The molecule has 3 aromatic carbocycles. The first kappa shape index (κ1) is 25.7. The van der Waals surface area contributed by atoms with Gasteiger partial charge in [0, 0.05) is 28.1 Å². The molecule has 5 nitrogen and oxygen atoms in total. The first-order chi connectivity index (χ1) is 18.9. The van der Waals surface area contributed by atoms with E-state index in [1.54, 1.807) is 30.2 Å². The Balaban J connectivity index is 1.51. The lowest BCUT2D eigenvalue weighted by Crippen LogP contribution is -2.38. The summed E-state index contributed by atoms with van der Waals surface area (Å²) in [5.74, 6) is 0.530. The number of allylic oxidation sites excluding steroid dienone is 1. The van der Waals surface area contributed by atoms with Crippen molar-refractivity contribution in [2.75, 3.05) is 17.3 Å². The summed E-state index contributed by atoms with van der Waals surface area (Å²) in [5.41, 5.74) is 4.38. The molecule has 1 aromatic heterocycles. The molecule has 6 rings (SSSR count). The molecule has 0 radical (unpaired) electrons. The number of methoxy groups -OCH3 is 1. The minimum atomic E-state index is -0.595. The number of carbonyl (C=O) groups excluding carboxylic acids is 2. The number of para-hydroxylation sites is 2. The number of Topliss-reactive ketones (excluding diaryl/α,β-unsaturated/α-hetero) is 1. The highest BCUT2D eigenvalue weighted by Crippen LogP contribution is 2.48. The van der Waals surface area contributed by atoms with E-state index >= 15 is 0 Å². The maximum absolute atomic E-state index is 14.3. The molecule has 0 unspecified atom stereocenters. The molecule has 0 spiro atoms. The lowest BCUT2D eigenvalue weighted by atomic mass is 9.79. The average Bonchev–Trinajstić information content (AvgIpc) is 3.44. The van der Waals surface area contributed by atoms with Crippen LogP contribution in [0.25, 0.3) is 0 Å². The van der Waals surface area contributed by atoms with E-state index in [-0.39, 0.29) is 17.6 Å². The molecule has 1 N–H and O–H groups in total. The largest absolute Gasteiger partial charge is 0.497 e. The van der Waals surface area contributed by atoms with Gasteiger partial charge in [0.25, 0.3) is 5.91 Å². The SMILES string of the molecule is COc1ccc([C@@H]2CC(=O)C3=C(C2)Nc2ccccc2N(C(=O)c2ccc(Cl)c(Cl)c2)[C@H]3c2cccs2)cc1. The van der Waals surface area contributed by atoms with Crippen molar-refractivity contribution in [2.45, 2.75) is 24.8 Å². The standard InChI is InChI=1S/C31H24Cl2N2O3S/c1-38-21-11-8-18(9-12-21)20-16-25-29(27(36)17-20)30(28-7-4-14-39-28)35(26-6-3-2-5-24(26)34-25)31(37)19-10-13-22(32)23(33)15-19/h2-15,20,30,34H,16-17H2,1H3/t20-,30-/m0/s1. The average molecular weight is 576 g/mol. The number of benzene rings is 3. The molecule has 1 amide bonds. The number of rotatable bonds is 4. The van der Waals surface area contributed by atoms with Crippen LogP contribution in [-0.2, 0) is 4.79 Å². The minimum Gasteiger partial charge on any atom is -0.497 e. The Hall–Kier alpha value is -3.58. The van der Waals surface area contributed by atoms with Gasteiger partial charge in [0.1, 0.15) is 11.8 Å². The van der Waals surface area contributed by atoms with Crippen molar-refractivity contribution >= 4 is 57.6 Å². The molecule has 0 bridgehead atoms. The summed E-state index contributed by atoms with van der Waals surface area (Å²) in [5, 5.41) is 6.20. The van der Waals surface area contributed by atoms with E-state index in [2.05, 4.69) is 5.32 Å². The number of hydrogen-bond acceptors (Lipinski definition) is 5. The van der Waals surface area contributed by atoms with Crippen molar-refractivity contribution < 1.29 is 14.3 Å². The lowest BCUT2D eigenvalue weighted by molar-refractivity contribution is -0.116. The van der Waals surface area contributed by atoms with Gasteiger partial charge in [-0.2, -0.15) is 0 Å². The van der Waals surface area contributed by atoms with E-state index in [0.717, 1.165) is 27.6 Å². The summed E-state index contributed by atoms with van der Waals surface area (Å²) >= 11 is 14.0. The Morgan fingerprint density at radius 1 is 0.974 bits per heavy atom. The third-order valence-electron chi connectivity index (χ3n) is 7.27. The van der Waals surface area contributed by atoms with E-state index < -0.39 is 6.04 Å². The molecule has 0 saturated heterocycles. The van der Waals surface area contributed by atoms with Crippen molar-refractivity contribution in [1.82, 2.24) is 0 Å². The maximum atomic E-state index is 14.3. The van der Waals surface area contributed by atoms with Crippen LogP contribution in [0.2, 0.25) is 10.0 Å². The van der Waals surface area contributed by atoms with E-state index in [1.807, 2.05) is 66.0 Å². The fourth-order valence-corrected chi connectivity index (χ4v) is 6.53. The molecule has 8 heteroatoms. The van der Waals surface area contributed by atoms with E-state index in [0.29, 0.717) is 39.7 Å². The summed E-state index contributed by atoms with van der Waals surface area (Å²) in [7, 11) is 1.64. The number of halogens is 2. The predicted molar refractivity (Wildman–Crippen MR) is 157 cm³/mol. The lowest BCUT2D eigenvalue weighted by Gasteiger charge is -2.34. The van der Waals surface area contributed by atoms with Gasteiger partial charge in [0.2, 0.25) is 0 Å². The van der Waals surface area contributed by atoms with E-state index in [4.69, 9.17) is 27.9 Å². The molecule has 4 aromatic rings. The molecular weight excluding hydrogens is 551 g/mol. The number of nitrogens with zero attached hydrogens (tertiary/aromatic N) is 1. The van der Waals surface area contributed by atoms with Crippen LogP contribution >= 0.6 is 34.5 Å². The van der Waals surface area contributed by atoms with E-state index in [9.17, 15) is 9.59 Å². The van der Waals surface area contributed by atoms with E-state index in [1.165, 1.54) is 11.3 Å². The molecule has 0 fully saturated rings. The van der Waals surface area contributed by atoms with Gasteiger partial charge in [-0.1, -0.05) is 53.5 Å². The van der Waals surface area contributed by atoms with Crippen LogP contribution in [0.5, 0.6) is 5.75 Å². The van der Waals surface area contributed by atoms with Gasteiger partial charge in [-0.05, 0) is 71.8 Å². The van der Waals surface area contributed by atoms with Crippen LogP contribution in [-0.4, -0.2) is 18.8 Å². The quantitative estimate of drug-likeness (QED) is 0.266. The second-order valence-corrected chi connectivity index (χ2v) is 11.4. The molecule has 0 saturated carbocycles. The molecule has 39 heavy (non-hydrogen) atoms. The predicted octanol–water partition coefficient (Wildman–Crippen LogP) is 8.28. The summed E-state index contributed by atoms with van der Waals surface area (Å²) in [6.07, 6.45) is 0.984. The summed E-state index contributed by atoms with van der Waals surface area (Å²) in [6.45, 7) is 0. The molecule has 2 atom stereocenters. The number of carbonyl (C=O) groups is 2. The zero-order valence-corrected chi connectivity index (χ0v) is 23.3. The van der Waals surface area contributed by atoms with Crippen LogP contribution in [0.4, 0.5) is 11.4 Å². The van der Waals surface area contributed by atoms with Crippen molar-refractivity contribution in [1.29, 1.82) is 0 Å². The van der Waals surface area contributed by atoms with Gasteiger partial charge in [0.15, 0.2) is 5.78 Å². The van der Waals surface area contributed by atoms with Crippen molar-refractivity contribution in [2.24, 2.45) is 0 Å². The number of nitrogens with one attached hydrogen (secondary N) is 1. The van der Waals surface area contributed by atoms with Crippen molar-refractivity contribution in [3.63, 3.8) is 0 Å². The first-order valence-corrected chi connectivity index (χ1v) is 14.2. The van der Waals surface area contributed by atoms with Crippen molar-refractivity contribution in [3.8, 4) is 5.75 Å². The van der Waals surface area contributed by atoms with Crippen molar-refractivity contribution in [3.05, 3.63) is 122 Å². The van der Waals surface area contributed by atoms with Crippen LogP contribution < -0.4 is 15.0 Å². The zero-order chi connectivity index (χ0) is 27.1. The molecule has 1 aliphatic carbocycles. The Morgan fingerprint density at radius 3 is 2.49 bits per heavy atom. The van der Waals surface area contributed by atoms with Crippen LogP contribution in [0.3, 0.4) is 0 Å². The third kappa shape index (κ3) is 4.73. The number of thiophene rings is 1. The molecule has 1 aliphatic heterocycles. The molecular formula is C31H24Cl2N2O3S. The smallest absolute Gasteiger partial charge is 0.259 e. The normalized spacial score (nSPS) is 18.6. The maximum Gasteiger partial charge on any atom is 0.259 e. The summed E-state index contributed by atoms with van der Waals surface area (Å²) in [6, 6.07) is 23.7. The van der Waals surface area contributed by atoms with Crippen LogP contribution in [0.15, 0.2) is 95.5 Å². The minimum absolute atomic E-state index is 0.00290. The number of anilines is 2. The second kappa shape index (κ2) is 10.5. The number of fused-ring (bicyclic) bond motifs is 1. The Morgan fingerprint density at radius 2 is 1.77 bits per heavy atom. The fraction of sp³-hybridized carbons (Fsp3) is 0.161. The fourth-order valence-electron chi connectivity index (χ4n) is 5.41. The first-order valence-electron chi connectivity index (χ1n) is 12.5. The zero-order valence-electron chi connectivity index (χ0n) is 21.0. The summed E-state index contributed by atoms with van der Waals surface area (Å²) in [4.78, 5) is 31.0. The van der Waals surface area contributed by atoms with Crippen LogP contribution in [0.1, 0.15) is 45.6 Å². The van der Waals surface area contributed by atoms with Gasteiger partial charge in [-0.15, -0.1) is 11.3 Å². The molecule has 2 aliphatic rings. The monoisotopic (exact) mass is 574 g/mol. The van der Waals surface area contributed by atoms with Gasteiger partial charge < -0.3 is 10.1 Å². The number of amides is 1. The third-order valence-corrected chi connectivity index (χ3v) is 8.94. The topological polar surface area (TPSA) is 58.6 Å². The van der Waals surface area contributed by atoms with Gasteiger partial charge in [-0.3, -0.25) is 14.5 Å². The number of ether oxygens (including phenoxy) is 1. The number of ketones is 1. The van der Waals surface area contributed by atoms with Gasteiger partial charge >= 0.3 is 0 Å². The van der Waals surface area contributed by atoms with Crippen LogP contribution in [0, 0.1) is 0 Å². The Kier molecular flexibility index (Phi) is 6.94. The second-order valence-electron chi connectivity index (χ2n) is 9.56. The number of hydrogen-bond donors (Lipinski definition) is 1. The highest BCUT2D eigenvalue weighted by atomic mass is 35.5. The van der Waals surface area contributed by atoms with Gasteiger partial charge in [-0.25, -0.2) is 0 Å². The molecule has 2 heterocycles.